The Morgan fingerprint density at radius 1 is 1.32 bits per heavy atom. The maximum atomic E-state index is 6.51. The van der Waals surface area contributed by atoms with Crippen LogP contribution in [0.1, 0.15) is 44.5 Å². The lowest BCUT2D eigenvalue weighted by molar-refractivity contribution is 0.366. The second kappa shape index (κ2) is 6.76. The minimum atomic E-state index is 0.761. The van der Waals surface area contributed by atoms with Gasteiger partial charge < -0.3 is 5.32 Å². The molecule has 0 saturated heterocycles. The Morgan fingerprint density at radius 3 is 2.68 bits per heavy atom. The third-order valence-corrected chi connectivity index (χ3v) is 4.87. The van der Waals surface area contributed by atoms with Crippen molar-refractivity contribution in [2.24, 2.45) is 11.8 Å². The first-order valence-corrected chi connectivity index (χ1v) is 7.97. The van der Waals surface area contributed by atoms with Gasteiger partial charge in [0, 0.05) is 6.54 Å². The highest BCUT2D eigenvalue weighted by atomic mass is 35.5. The highest BCUT2D eigenvalue weighted by molar-refractivity contribution is 6.31. The maximum absolute atomic E-state index is 6.51. The monoisotopic (exact) mass is 283 g/mol. The summed E-state index contributed by atoms with van der Waals surface area (Å²) in [5, 5.41) is 8.87. The van der Waals surface area contributed by atoms with Crippen LogP contribution < -0.4 is 5.32 Å². The molecule has 0 spiro atoms. The minimum absolute atomic E-state index is 0.761. The standard InChI is InChI=1S/C15H26ClN3/c1-4-13-15(16)14(19(5-2)18-13)9-11-7-6-8-12(11)10-17-3/h11-12,17H,4-10H2,1-3H3. The summed E-state index contributed by atoms with van der Waals surface area (Å²) in [6.07, 6.45) is 6.05. The van der Waals surface area contributed by atoms with Crippen LogP contribution in [0.15, 0.2) is 0 Å². The van der Waals surface area contributed by atoms with Crippen LogP contribution in [0.4, 0.5) is 0 Å². The molecule has 1 aliphatic carbocycles. The van der Waals surface area contributed by atoms with Crippen molar-refractivity contribution in [1.29, 1.82) is 0 Å². The van der Waals surface area contributed by atoms with Crippen LogP contribution in [0.3, 0.4) is 0 Å². The molecule has 0 aromatic carbocycles. The number of hydrogen-bond acceptors (Lipinski definition) is 2. The molecule has 2 atom stereocenters. The van der Waals surface area contributed by atoms with Gasteiger partial charge in [0.05, 0.1) is 16.4 Å². The molecular weight excluding hydrogens is 258 g/mol. The van der Waals surface area contributed by atoms with Gasteiger partial charge in [0.15, 0.2) is 0 Å². The maximum Gasteiger partial charge on any atom is 0.0849 e. The number of nitrogens with zero attached hydrogens (tertiary/aromatic N) is 2. The van der Waals surface area contributed by atoms with Crippen LogP contribution in [0, 0.1) is 11.8 Å². The Labute approximate surface area is 121 Å². The fourth-order valence-corrected chi connectivity index (χ4v) is 3.72. The van der Waals surface area contributed by atoms with Crippen LogP contribution in [-0.2, 0) is 19.4 Å². The average Bonchev–Trinajstić information content (AvgIpc) is 2.97. The van der Waals surface area contributed by atoms with Crippen molar-refractivity contribution in [3.05, 3.63) is 16.4 Å². The zero-order valence-corrected chi connectivity index (χ0v) is 13.1. The van der Waals surface area contributed by atoms with Crippen LogP contribution in [0.2, 0.25) is 5.02 Å². The summed E-state index contributed by atoms with van der Waals surface area (Å²) in [4.78, 5) is 0. The Kier molecular flexibility index (Phi) is 5.28. The van der Waals surface area contributed by atoms with E-state index >= 15 is 0 Å². The van der Waals surface area contributed by atoms with Gasteiger partial charge in [0.25, 0.3) is 0 Å². The van der Waals surface area contributed by atoms with E-state index < -0.39 is 0 Å². The molecular formula is C15H26ClN3. The molecule has 0 aliphatic heterocycles. The van der Waals surface area contributed by atoms with Crippen molar-refractivity contribution >= 4 is 11.6 Å². The fourth-order valence-electron chi connectivity index (χ4n) is 3.37. The van der Waals surface area contributed by atoms with Crippen molar-refractivity contribution in [3.63, 3.8) is 0 Å². The van der Waals surface area contributed by atoms with Crippen LogP contribution in [-0.4, -0.2) is 23.4 Å². The molecule has 0 bridgehead atoms. The molecule has 108 valence electrons. The van der Waals surface area contributed by atoms with Crippen molar-refractivity contribution in [1.82, 2.24) is 15.1 Å². The highest BCUT2D eigenvalue weighted by Gasteiger charge is 2.29. The zero-order valence-electron chi connectivity index (χ0n) is 12.4. The lowest BCUT2D eigenvalue weighted by Gasteiger charge is -2.19. The molecule has 0 radical (unpaired) electrons. The van der Waals surface area contributed by atoms with Gasteiger partial charge in [-0.15, -0.1) is 0 Å². The summed E-state index contributed by atoms with van der Waals surface area (Å²) in [5.74, 6) is 1.56. The number of aryl methyl sites for hydroxylation is 2. The van der Waals surface area contributed by atoms with Crippen LogP contribution >= 0.6 is 11.6 Å². The van der Waals surface area contributed by atoms with Crippen molar-refractivity contribution in [3.8, 4) is 0 Å². The number of hydrogen-bond donors (Lipinski definition) is 1. The Morgan fingerprint density at radius 2 is 2.05 bits per heavy atom. The second-order valence-corrected chi connectivity index (χ2v) is 5.97. The first-order chi connectivity index (χ1) is 9.21. The van der Waals surface area contributed by atoms with E-state index in [9.17, 15) is 0 Å². The molecule has 2 unspecified atom stereocenters. The van der Waals surface area contributed by atoms with Gasteiger partial charge in [-0.3, -0.25) is 4.68 Å². The van der Waals surface area contributed by atoms with E-state index in [1.54, 1.807) is 0 Å². The summed E-state index contributed by atoms with van der Waals surface area (Å²) < 4.78 is 2.11. The molecule has 1 aliphatic rings. The number of rotatable bonds is 6. The molecule has 1 aromatic rings. The molecule has 3 nitrogen and oxygen atoms in total. The Hall–Kier alpha value is -0.540. The van der Waals surface area contributed by atoms with Crippen molar-refractivity contribution < 1.29 is 0 Å². The molecule has 1 heterocycles. The molecule has 1 saturated carbocycles. The van der Waals surface area contributed by atoms with Crippen molar-refractivity contribution in [2.75, 3.05) is 13.6 Å². The number of halogens is 1. The lowest BCUT2D eigenvalue weighted by Crippen LogP contribution is -2.24. The van der Waals surface area contributed by atoms with Gasteiger partial charge in [-0.05, 0) is 58.0 Å². The molecule has 1 aromatic heterocycles. The SMILES string of the molecule is CCc1nn(CC)c(CC2CCCC2CNC)c1Cl. The first-order valence-electron chi connectivity index (χ1n) is 7.59. The predicted octanol–water partition coefficient (Wildman–Crippen LogP) is 3.30. The van der Waals surface area contributed by atoms with Gasteiger partial charge in [0.2, 0.25) is 0 Å². The smallest absolute Gasteiger partial charge is 0.0849 e. The molecule has 1 fully saturated rings. The summed E-state index contributed by atoms with van der Waals surface area (Å²) >= 11 is 6.51. The van der Waals surface area contributed by atoms with E-state index in [2.05, 4.69) is 28.9 Å². The number of nitrogens with one attached hydrogen (secondary N) is 1. The molecule has 4 heteroatoms. The van der Waals surface area contributed by atoms with E-state index in [4.69, 9.17) is 11.6 Å². The van der Waals surface area contributed by atoms with Crippen molar-refractivity contribution in [2.45, 2.75) is 52.5 Å². The van der Waals surface area contributed by atoms with E-state index in [0.717, 1.165) is 48.5 Å². The third kappa shape index (κ3) is 3.14. The minimum Gasteiger partial charge on any atom is -0.319 e. The summed E-state index contributed by atoms with van der Waals surface area (Å²) in [5.41, 5.74) is 2.32. The van der Waals surface area contributed by atoms with E-state index in [1.165, 1.54) is 25.0 Å². The quantitative estimate of drug-likeness (QED) is 0.868. The van der Waals surface area contributed by atoms with Gasteiger partial charge in [-0.25, -0.2) is 0 Å². The molecule has 1 N–H and O–H groups in total. The Bertz CT molecular complexity index is 414. The Balaban J connectivity index is 2.15. The lowest BCUT2D eigenvalue weighted by atomic mass is 9.91. The molecule has 2 rings (SSSR count). The first kappa shape index (κ1) is 14.9. The van der Waals surface area contributed by atoms with E-state index in [1.807, 2.05) is 7.05 Å². The second-order valence-electron chi connectivity index (χ2n) is 5.59. The van der Waals surface area contributed by atoms with Gasteiger partial charge in [-0.2, -0.15) is 5.10 Å². The summed E-state index contributed by atoms with van der Waals surface area (Å²) in [7, 11) is 2.05. The molecule has 19 heavy (non-hydrogen) atoms. The number of aromatic nitrogens is 2. The van der Waals surface area contributed by atoms with Gasteiger partial charge in [-0.1, -0.05) is 24.9 Å². The largest absolute Gasteiger partial charge is 0.319 e. The van der Waals surface area contributed by atoms with E-state index in [-0.39, 0.29) is 0 Å². The normalized spacial score (nSPS) is 23.2. The molecule has 0 amide bonds. The van der Waals surface area contributed by atoms with Gasteiger partial charge in [0.1, 0.15) is 0 Å². The third-order valence-electron chi connectivity index (χ3n) is 4.43. The van der Waals surface area contributed by atoms with Crippen LogP contribution in [0.25, 0.3) is 0 Å². The van der Waals surface area contributed by atoms with Gasteiger partial charge >= 0.3 is 0 Å². The van der Waals surface area contributed by atoms with E-state index in [0.29, 0.717) is 0 Å². The fraction of sp³-hybridized carbons (Fsp3) is 0.800. The highest BCUT2D eigenvalue weighted by Crippen LogP contribution is 2.36. The summed E-state index contributed by atoms with van der Waals surface area (Å²) in [6.45, 7) is 6.31. The van der Waals surface area contributed by atoms with Crippen LogP contribution in [0.5, 0.6) is 0 Å². The topological polar surface area (TPSA) is 29.9 Å². The predicted molar refractivity (Wildman–Crippen MR) is 80.8 cm³/mol. The summed E-state index contributed by atoms with van der Waals surface area (Å²) in [6, 6.07) is 0. The zero-order chi connectivity index (χ0) is 13.8. The average molecular weight is 284 g/mol.